The number of alkyl halides is 2. The van der Waals surface area contributed by atoms with Crippen molar-refractivity contribution in [2.24, 2.45) is 0 Å². The van der Waals surface area contributed by atoms with Gasteiger partial charge < -0.3 is 10.4 Å². The van der Waals surface area contributed by atoms with E-state index in [1.165, 1.54) is 15.0 Å². The number of aliphatic hydroxyl groups excluding tert-OH is 1. The van der Waals surface area contributed by atoms with E-state index in [9.17, 15) is 22.3 Å². The zero-order chi connectivity index (χ0) is 23.0. The van der Waals surface area contributed by atoms with Crippen LogP contribution >= 0.6 is 0 Å². The van der Waals surface area contributed by atoms with E-state index in [0.29, 0.717) is 28.9 Å². The number of halogens is 2. The number of fused-ring (bicyclic) bond motifs is 1. The van der Waals surface area contributed by atoms with Gasteiger partial charge in [0.05, 0.1) is 41.5 Å². The highest BCUT2D eigenvalue weighted by Crippen LogP contribution is 2.28. The maximum atomic E-state index is 13.2. The van der Waals surface area contributed by atoms with Crippen LogP contribution in [-0.2, 0) is 16.4 Å². The van der Waals surface area contributed by atoms with Crippen molar-refractivity contribution in [3.8, 4) is 11.4 Å². The second-order valence-electron chi connectivity index (χ2n) is 7.98. The number of sulfonamides is 1. The van der Waals surface area contributed by atoms with Crippen LogP contribution in [0.1, 0.15) is 17.5 Å². The predicted octanol–water partition coefficient (Wildman–Crippen LogP) is 1.71. The zero-order valence-corrected chi connectivity index (χ0v) is 18.4. The fourth-order valence-corrected chi connectivity index (χ4v) is 4.69. The van der Waals surface area contributed by atoms with E-state index in [2.05, 4.69) is 20.4 Å². The van der Waals surface area contributed by atoms with Crippen molar-refractivity contribution in [2.45, 2.75) is 38.3 Å². The summed E-state index contributed by atoms with van der Waals surface area (Å²) in [5.41, 5.74) is 2.85. The van der Waals surface area contributed by atoms with E-state index in [1.54, 1.807) is 18.3 Å². The van der Waals surface area contributed by atoms with Gasteiger partial charge in [-0.05, 0) is 36.6 Å². The SMILES string of the molecule is Cc1ccc(-c2c(CC(F)F)cc3cnc(N[C@@H]4CCN(S(C)(=O)=O)C[C@H]4O)nn23)nc1. The first-order valence-corrected chi connectivity index (χ1v) is 11.9. The Hall–Kier alpha value is -2.70. The lowest BCUT2D eigenvalue weighted by atomic mass is 10.0. The van der Waals surface area contributed by atoms with Crippen LogP contribution in [-0.4, -0.2) is 75.3 Å². The third-order valence-corrected chi connectivity index (χ3v) is 6.72. The standard InChI is InChI=1S/C20H24F2N6O3S/c1-12-3-4-16(23-9-12)19-13(8-18(21)22)7-14-10-24-20(26-28(14)19)25-15-5-6-27(11-17(15)29)32(2,30)31/h3-4,7,9-10,15,17-18,29H,5-6,8,11H2,1-2H3,(H,25,26)/t15-,17-/m1/s1. The monoisotopic (exact) mass is 466 g/mol. The molecule has 0 bridgehead atoms. The Morgan fingerprint density at radius 1 is 1.28 bits per heavy atom. The van der Waals surface area contributed by atoms with Crippen molar-refractivity contribution in [2.75, 3.05) is 24.7 Å². The van der Waals surface area contributed by atoms with Gasteiger partial charge in [-0.3, -0.25) is 4.98 Å². The van der Waals surface area contributed by atoms with Crippen molar-refractivity contribution in [1.29, 1.82) is 0 Å². The number of piperidine rings is 1. The van der Waals surface area contributed by atoms with Gasteiger partial charge >= 0.3 is 0 Å². The highest BCUT2D eigenvalue weighted by Gasteiger charge is 2.32. The molecule has 0 saturated carbocycles. The van der Waals surface area contributed by atoms with Crippen LogP contribution < -0.4 is 5.32 Å². The van der Waals surface area contributed by atoms with Crippen molar-refractivity contribution in [1.82, 2.24) is 23.9 Å². The molecule has 4 rings (SSSR count). The summed E-state index contributed by atoms with van der Waals surface area (Å²) in [6.07, 6.45) is 0.720. The molecule has 0 spiro atoms. The van der Waals surface area contributed by atoms with E-state index >= 15 is 0 Å². The Morgan fingerprint density at radius 2 is 2.06 bits per heavy atom. The van der Waals surface area contributed by atoms with Crippen molar-refractivity contribution < 1.29 is 22.3 Å². The lowest BCUT2D eigenvalue weighted by Gasteiger charge is -2.34. The second-order valence-corrected chi connectivity index (χ2v) is 9.96. The molecule has 0 radical (unpaired) electrons. The first-order valence-electron chi connectivity index (χ1n) is 10.1. The largest absolute Gasteiger partial charge is 0.390 e. The predicted molar refractivity (Wildman–Crippen MR) is 115 cm³/mol. The molecule has 9 nitrogen and oxygen atoms in total. The molecule has 2 atom stereocenters. The molecule has 0 aliphatic carbocycles. The number of pyridine rings is 1. The van der Waals surface area contributed by atoms with Gasteiger partial charge in [-0.25, -0.2) is 26.7 Å². The Morgan fingerprint density at radius 3 is 2.69 bits per heavy atom. The van der Waals surface area contributed by atoms with Crippen LogP contribution in [0.3, 0.4) is 0 Å². The van der Waals surface area contributed by atoms with Crippen LogP contribution in [0.2, 0.25) is 0 Å². The molecule has 1 saturated heterocycles. The molecule has 32 heavy (non-hydrogen) atoms. The Kier molecular flexibility index (Phi) is 6.10. The first kappa shape index (κ1) is 22.5. The number of aryl methyl sites for hydroxylation is 1. The summed E-state index contributed by atoms with van der Waals surface area (Å²) in [6.45, 7) is 2.12. The maximum absolute atomic E-state index is 13.2. The topological polar surface area (TPSA) is 113 Å². The molecular weight excluding hydrogens is 442 g/mol. The van der Waals surface area contributed by atoms with E-state index in [4.69, 9.17) is 0 Å². The molecule has 1 aliphatic rings. The fourth-order valence-electron chi connectivity index (χ4n) is 3.83. The highest BCUT2D eigenvalue weighted by atomic mass is 32.2. The van der Waals surface area contributed by atoms with E-state index in [0.717, 1.165) is 11.8 Å². The van der Waals surface area contributed by atoms with Gasteiger partial charge in [0.15, 0.2) is 0 Å². The maximum Gasteiger partial charge on any atom is 0.242 e. The van der Waals surface area contributed by atoms with E-state index < -0.39 is 35.0 Å². The summed E-state index contributed by atoms with van der Waals surface area (Å²) < 4.78 is 52.6. The average molecular weight is 467 g/mol. The van der Waals surface area contributed by atoms with Crippen LogP contribution in [0.5, 0.6) is 0 Å². The molecular formula is C20H24F2N6O3S. The molecule has 1 aliphatic heterocycles. The molecule has 172 valence electrons. The van der Waals surface area contributed by atoms with Gasteiger partial charge in [-0.15, -0.1) is 5.10 Å². The summed E-state index contributed by atoms with van der Waals surface area (Å²) in [4.78, 5) is 8.63. The first-order chi connectivity index (χ1) is 15.1. The molecule has 0 aromatic carbocycles. The van der Waals surface area contributed by atoms with Gasteiger partial charge in [0.2, 0.25) is 22.4 Å². The summed E-state index contributed by atoms with van der Waals surface area (Å²) in [7, 11) is -3.39. The molecule has 0 amide bonds. The third kappa shape index (κ3) is 4.71. The summed E-state index contributed by atoms with van der Waals surface area (Å²) in [5, 5.41) is 17.9. The number of nitrogens with one attached hydrogen (secondary N) is 1. The number of aliphatic hydroxyl groups is 1. The number of β-amino-alcohol motifs (C(OH)–C–C–N with tert-alkyl or cyclic N) is 1. The quantitative estimate of drug-likeness (QED) is 0.569. The van der Waals surface area contributed by atoms with Crippen LogP contribution in [0.25, 0.3) is 16.9 Å². The van der Waals surface area contributed by atoms with Crippen LogP contribution in [0.4, 0.5) is 14.7 Å². The van der Waals surface area contributed by atoms with Crippen LogP contribution in [0.15, 0.2) is 30.6 Å². The lowest BCUT2D eigenvalue weighted by Crippen LogP contribution is -2.51. The summed E-state index contributed by atoms with van der Waals surface area (Å²) in [5.74, 6) is 0.196. The lowest BCUT2D eigenvalue weighted by molar-refractivity contribution is 0.0950. The number of aromatic nitrogens is 4. The molecule has 0 unspecified atom stereocenters. The Balaban J connectivity index is 1.66. The minimum Gasteiger partial charge on any atom is -0.390 e. The highest BCUT2D eigenvalue weighted by molar-refractivity contribution is 7.88. The number of anilines is 1. The molecule has 1 fully saturated rings. The van der Waals surface area contributed by atoms with Gasteiger partial charge in [0, 0.05) is 25.7 Å². The van der Waals surface area contributed by atoms with Gasteiger partial charge in [0.25, 0.3) is 0 Å². The minimum absolute atomic E-state index is 0.0284. The number of hydrogen-bond donors (Lipinski definition) is 2. The zero-order valence-electron chi connectivity index (χ0n) is 17.6. The van der Waals surface area contributed by atoms with Crippen LogP contribution in [0, 0.1) is 6.92 Å². The van der Waals surface area contributed by atoms with Gasteiger partial charge in [-0.2, -0.15) is 4.31 Å². The smallest absolute Gasteiger partial charge is 0.242 e. The average Bonchev–Trinajstić information content (AvgIpc) is 3.06. The summed E-state index contributed by atoms with van der Waals surface area (Å²) in [6, 6.07) is 4.76. The van der Waals surface area contributed by atoms with Crippen molar-refractivity contribution in [3.63, 3.8) is 0 Å². The molecule has 3 aromatic rings. The normalized spacial score (nSPS) is 20.2. The molecule has 3 aromatic heterocycles. The minimum atomic E-state index is -3.39. The van der Waals surface area contributed by atoms with Crippen molar-refractivity contribution >= 4 is 21.5 Å². The molecule has 2 N–H and O–H groups in total. The second kappa shape index (κ2) is 8.68. The Bertz CT molecular complexity index is 1220. The number of rotatable bonds is 6. The van der Waals surface area contributed by atoms with Gasteiger partial charge in [0.1, 0.15) is 0 Å². The number of hydrogen-bond acceptors (Lipinski definition) is 7. The van der Waals surface area contributed by atoms with E-state index in [-0.39, 0.29) is 19.0 Å². The van der Waals surface area contributed by atoms with E-state index in [1.807, 2.05) is 13.0 Å². The number of nitrogens with zero attached hydrogens (tertiary/aromatic N) is 5. The third-order valence-electron chi connectivity index (χ3n) is 5.45. The van der Waals surface area contributed by atoms with Gasteiger partial charge in [-0.1, -0.05) is 6.07 Å². The Labute approximate surface area is 184 Å². The summed E-state index contributed by atoms with van der Waals surface area (Å²) >= 11 is 0. The fraction of sp³-hybridized carbons (Fsp3) is 0.450. The molecule has 4 heterocycles. The van der Waals surface area contributed by atoms with Crippen molar-refractivity contribution in [3.05, 3.63) is 41.7 Å². The molecule has 12 heteroatoms.